The van der Waals surface area contributed by atoms with E-state index in [2.05, 4.69) is 34.9 Å². The van der Waals surface area contributed by atoms with Crippen molar-refractivity contribution in [2.75, 3.05) is 11.9 Å². The quantitative estimate of drug-likeness (QED) is 0.329. The van der Waals surface area contributed by atoms with Crippen LogP contribution in [0.3, 0.4) is 0 Å². The van der Waals surface area contributed by atoms with Gasteiger partial charge in [0, 0.05) is 17.5 Å². The Morgan fingerprint density at radius 3 is 2.71 bits per heavy atom. The van der Waals surface area contributed by atoms with E-state index >= 15 is 0 Å². The number of nitrogens with one attached hydrogen (secondary N) is 2. The van der Waals surface area contributed by atoms with Crippen molar-refractivity contribution >= 4 is 17.1 Å². The molecule has 6 nitrogen and oxygen atoms in total. The van der Waals surface area contributed by atoms with Crippen LogP contribution in [-0.2, 0) is 18.4 Å². The molecule has 3 aromatic rings. The fourth-order valence-electron chi connectivity index (χ4n) is 6.80. The topological polar surface area (TPSA) is 76.4 Å². The van der Waals surface area contributed by atoms with Crippen molar-refractivity contribution in [3.63, 3.8) is 0 Å². The maximum absolute atomic E-state index is 11.7. The van der Waals surface area contributed by atoms with Crippen LogP contribution in [0.4, 0.5) is 17.1 Å². The molecule has 6 rings (SSSR count). The van der Waals surface area contributed by atoms with Gasteiger partial charge in [0.2, 0.25) is 0 Å². The fourth-order valence-corrected chi connectivity index (χ4v) is 6.80. The van der Waals surface area contributed by atoms with E-state index in [-0.39, 0.29) is 16.0 Å². The van der Waals surface area contributed by atoms with E-state index in [9.17, 15) is 10.1 Å². The summed E-state index contributed by atoms with van der Waals surface area (Å²) in [7, 11) is 0. The first kappa shape index (κ1) is 22.1. The van der Waals surface area contributed by atoms with Crippen LogP contribution in [0.5, 0.6) is 5.75 Å². The SMILES string of the molecule is O=[N+]([O-])c1ccccc1Nc1cc2c(cc1OCc1ccccc1)C13CCCCC1C(C2)NCC3. The number of para-hydroxylation sites is 2. The summed E-state index contributed by atoms with van der Waals surface area (Å²) in [5, 5.41) is 18.8. The van der Waals surface area contributed by atoms with Crippen molar-refractivity contribution in [1.82, 2.24) is 5.32 Å². The zero-order valence-corrected chi connectivity index (χ0v) is 19.8. The molecule has 0 amide bonds. The lowest BCUT2D eigenvalue weighted by atomic mass is 9.53. The standard InChI is InChI=1S/C29H31N3O3/c33-32(34)27-12-5-4-11-24(27)31-26-17-21-16-25-22-10-6-7-13-29(22,14-15-30-25)23(21)18-28(26)35-19-20-8-2-1-3-9-20/h1-5,8-9,11-12,17-18,22,25,30-31H,6-7,10,13-16,19H2. The van der Waals surface area contributed by atoms with Crippen LogP contribution < -0.4 is 15.4 Å². The minimum Gasteiger partial charge on any atom is -0.487 e. The van der Waals surface area contributed by atoms with Crippen LogP contribution in [0.15, 0.2) is 66.7 Å². The molecule has 180 valence electrons. The van der Waals surface area contributed by atoms with E-state index in [0.717, 1.165) is 36.4 Å². The Morgan fingerprint density at radius 2 is 1.86 bits per heavy atom. The van der Waals surface area contributed by atoms with Crippen molar-refractivity contribution in [3.05, 3.63) is 93.5 Å². The first-order chi connectivity index (χ1) is 17.1. The zero-order chi connectivity index (χ0) is 23.8. The number of nitro groups is 1. The molecule has 0 radical (unpaired) electrons. The van der Waals surface area contributed by atoms with Crippen LogP contribution in [-0.4, -0.2) is 17.5 Å². The predicted molar refractivity (Wildman–Crippen MR) is 137 cm³/mol. The molecule has 2 N–H and O–H groups in total. The number of rotatable bonds is 6. The highest BCUT2D eigenvalue weighted by atomic mass is 16.6. The van der Waals surface area contributed by atoms with Gasteiger partial charge in [0.25, 0.3) is 5.69 Å². The van der Waals surface area contributed by atoms with Gasteiger partial charge >= 0.3 is 0 Å². The average Bonchev–Trinajstić information content (AvgIpc) is 2.88. The number of nitrogens with zero attached hydrogens (tertiary/aromatic N) is 1. The Bertz CT molecular complexity index is 1240. The molecule has 3 aromatic carbocycles. The van der Waals surface area contributed by atoms with Gasteiger partial charge in [-0.3, -0.25) is 10.1 Å². The third-order valence-electron chi connectivity index (χ3n) is 8.35. The highest BCUT2D eigenvalue weighted by Crippen LogP contribution is 2.55. The smallest absolute Gasteiger partial charge is 0.292 e. The number of ether oxygens (including phenoxy) is 1. The van der Waals surface area contributed by atoms with Crippen LogP contribution in [0.1, 0.15) is 48.8 Å². The molecule has 2 bridgehead atoms. The van der Waals surface area contributed by atoms with Gasteiger partial charge in [0.05, 0.1) is 10.6 Å². The molecule has 3 unspecified atom stereocenters. The van der Waals surface area contributed by atoms with Crippen molar-refractivity contribution in [2.24, 2.45) is 5.92 Å². The number of nitro benzene ring substituents is 1. The summed E-state index contributed by atoms with van der Waals surface area (Å²) in [4.78, 5) is 11.3. The lowest BCUT2D eigenvalue weighted by Gasteiger charge is -2.56. The minimum absolute atomic E-state index is 0.0590. The highest BCUT2D eigenvalue weighted by Gasteiger charge is 2.51. The molecule has 35 heavy (non-hydrogen) atoms. The molecule has 3 atom stereocenters. The fraction of sp³-hybridized carbons (Fsp3) is 0.379. The maximum Gasteiger partial charge on any atom is 0.292 e. The largest absolute Gasteiger partial charge is 0.487 e. The zero-order valence-electron chi connectivity index (χ0n) is 19.8. The van der Waals surface area contributed by atoms with Gasteiger partial charge in [0.1, 0.15) is 18.0 Å². The van der Waals surface area contributed by atoms with Gasteiger partial charge in [-0.25, -0.2) is 0 Å². The molecule has 0 spiro atoms. The van der Waals surface area contributed by atoms with Crippen molar-refractivity contribution in [2.45, 2.75) is 56.6 Å². The van der Waals surface area contributed by atoms with E-state index in [4.69, 9.17) is 4.74 Å². The Labute approximate surface area is 205 Å². The molecule has 2 fully saturated rings. The monoisotopic (exact) mass is 469 g/mol. The lowest BCUT2D eigenvalue weighted by Crippen LogP contribution is -2.59. The first-order valence-electron chi connectivity index (χ1n) is 12.7. The Morgan fingerprint density at radius 1 is 1.03 bits per heavy atom. The third-order valence-corrected chi connectivity index (χ3v) is 8.35. The summed E-state index contributed by atoms with van der Waals surface area (Å²) < 4.78 is 6.43. The summed E-state index contributed by atoms with van der Waals surface area (Å²) in [6.07, 6.45) is 7.27. The van der Waals surface area contributed by atoms with E-state index in [1.165, 1.54) is 42.9 Å². The second-order valence-corrected chi connectivity index (χ2v) is 10.2. The molecule has 1 saturated heterocycles. The Hall–Kier alpha value is -3.38. The summed E-state index contributed by atoms with van der Waals surface area (Å²) in [6, 6.07) is 21.9. The van der Waals surface area contributed by atoms with Gasteiger partial charge in [0.15, 0.2) is 0 Å². The second kappa shape index (κ2) is 9.00. The van der Waals surface area contributed by atoms with Gasteiger partial charge in [-0.05, 0) is 73.0 Å². The van der Waals surface area contributed by atoms with Crippen LogP contribution in [0.25, 0.3) is 0 Å². The Kier molecular flexibility index (Phi) is 5.69. The maximum atomic E-state index is 11.7. The molecular formula is C29H31N3O3. The number of anilines is 2. The normalized spacial score (nSPS) is 24.7. The van der Waals surface area contributed by atoms with Crippen LogP contribution in [0.2, 0.25) is 0 Å². The summed E-state index contributed by atoms with van der Waals surface area (Å²) >= 11 is 0. The van der Waals surface area contributed by atoms with Gasteiger partial charge in [-0.2, -0.15) is 0 Å². The summed E-state index contributed by atoms with van der Waals surface area (Å²) in [5.41, 5.74) is 5.41. The van der Waals surface area contributed by atoms with E-state index in [1.807, 2.05) is 24.3 Å². The van der Waals surface area contributed by atoms with E-state index in [1.54, 1.807) is 12.1 Å². The predicted octanol–water partition coefficient (Wildman–Crippen LogP) is 6.26. The van der Waals surface area contributed by atoms with Crippen LogP contribution in [0, 0.1) is 16.0 Å². The number of piperidine rings is 1. The number of hydrogen-bond acceptors (Lipinski definition) is 5. The number of hydrogen-bond donors (Lipinski definition) is 2. The molecule has 6 heteroatoms. The van der Waals surface area contributed by atoms with E-state index in [0.29, 0.717) is 24.3 Å². The van der Waals surface area contributed by atoms with Crippen molar-refractivity contribution in [1.29, 1.82) is 0 Å². The minimum atomic E-state index is -0.342. The van der Waals surface area contributed by atoms with Crippen molar-refractivity contribution in [3.8, 4) is 5.75 Å². The molecule has 0 aromatic heterocycles. The number of fused-ring (bicyclic) bond motifs is 1. The van der Waals surface area contributed by atoms with Crippen molar-refractivity contribution < 1.29 is 9.66 Å². The molecule has 1 heterocycles. The molecular weight excluding hydrogens is 438 g/mol. The Balaban J connectivity index is 1.43. The van der Waals surface area contributed by atoms with Gasteiger partial charge in [-0.15, -0.1) is 0 Å². The lowest BCUT2D eigenvalue weighted by molar-refractivity contribution is -0.383. The van der Waals surface area contributed by atoms with E-state index < -0.39 is 0 Å². The molecule has 1 saturated carbocycles. The summed E-state index contributed by atoms with van der Waals surface area (Å²) in [5.74, 6) is 1.44. The molecule has 2 aliphatic carbocycles. The van der Waals surface area contributed by atoms with Gasteiger partial charge < -0.3 is 15.4 Å². The first-order valence-corrected chi connectivity index (χ1v) is 12.7. The third kappa shape index (κ3) is 3.96. The average molecular weight is 470 g/mol. The summed E-state index contributed by atoms with van der Waals surface area (Å²) in [6.45, 7) is 1.52. The molecule has 1 aliphatic heterocycles. The van der Waals surface area contributed by atoms with Crippen LogP contribution >= 0.6 is 0 Å². The molecule has 3 aliphatic rings. The number of benzene rings is 3. The van der Waals surface area contributed by atoms with Gasteiger partial charge in [-0.1, -0.05) is 55.3 Å². The second-order valence-electron chi connectivity index (χ2n) is 10.2. The highest BCUT2D eigenvalue weighted by molar-refractivity contribution is 5.74.